The fraction of sp³-hybridized carbons (Fsp3) is 0.500. The summed E-state index contributed by atoms with van der Waals surface area (Å²) in [6.07, 6.45) is 1.95. The number of amides is 1. The third-order valence-corrected chi connectivity index (χ3v) is 2.26. The van der Waals surface area contributed by atoms with Crippen molar-refractivity contribution in [1.82, 2.24) is 10.3 Å². The van der Waals surface area contributed by atoms with Crippen LogP contribution < -0.4 is 5.32 Å². The maximum absolute atomic E-state index is 11.5. The van der Waals surface area contributed by atoms with Crippen LogP contribution in [0.3, 0.4) is 0 Å². The van der Waals surface area contributed by atoms with E-state index < -0.39 is 0 Å². The van der Waals surface area contributed by atoms with Crippen LogP contribution in [0.15, 0.2) is 24.4 Å². The minimum Gasteiger partial charge on any atom is -0.396 e. The topological polar surface area (TPSA) is 62.2 Å². The molecule has 0 bridgehead atoms. The maximum Gasteiger partial charge on any atom is 0.226 e. The van der Waals surface area contributed by atoms with Crippen LogP contribution in [0, 0.1) is 5.41 Å². The maximum atomic E-state index is 11.5. The second-order valence-electron chi connectivity index (χ2n) is 4.60. The summed E-state index contributed by atoms with van der Waals surface area (Å²) in [5, 5.41) is 11.8. The largest absolute Gasteiger partial charge is 0.396 e. The molecule has 4 nitrogen and oxygen atoms in total. The van der Waals surface area contributed by atoms with Crippen molar-refractivity contribution in [3.8, 4) is 0 Å². The summed E-state index contributed by atoms with van der Waals surface area (Å²) in [5.41, 5.74) is 0.474. The lowest BCUT2D eigenvalue weighted by Crippen LogP contribution is -2.36. The highest BCUT2D eigenvalue weighted by molar-refractivity contribution is 5.78. The number of aliphatic hydroxyl groups excluding tert-OH is 1. The third-order valence-electron chi connectivity index (χ3n) is 2.26. The van der Waals surface area contributed by atoms with Crippen molar-refractivity contribution in [2.75, 3.05) is 13.2 Å². The van der Waals surface area contributed by atoms with Gasteiger partial charge in [-0.25, -0.2) is 0 Å². The lowest BCUT2D eigenvalue weighted by atomic mass is 9.95. The predicted octanol–water partition coefficient (Wildman–Crippen LogP) is 0.759. The van der Waals surface area contributed by atoms with Gasteiger partial charge in [-0.05, 0) is 12.1 Å². The van der Waals surface area contributed by atoms with Crippen LogP contribution in [0.1, 0.15) is 19.5 Å². The van der Waals surface area contributed by atoms with E-state index in [9.17, 15) is 4.79 Å². The molecule has 0 saturated carbocycles. The van der Waals surface area contributed by atoms with E-state index in [0.29, 0.717) is 6.54 Å². The molecule has 0 aliphatic carbocycles. The van der Waals surface area contributed by atoms with Crippen LogP contribution in [-0.4, -0.2) is 29.1 Å². The Morgan fingerprint density at radius 2 is 2.25 bits per heavy atom. The SMILES string of the molecule is CC(C)(CO)CNC(=O)Cc1ccccn1. The fourth-order valence-corrected chi connectivity index (χ4v) is 1.12. The van der Waals surface area contributed by atoms with Crippen LogP contribution in [-0.2, 0) is 11.2 Å². The number of rotatable bonds is 5. The van der Waals surface area contributed by atoms with Gasteiger partial charge in [0.15, 0.2) is 0 Å². The van der Waals surface area contributed by atoms with E-state index in [4.69, 9.17) is 5.11 Å². The van der Waals surface area contributed by atoms with Crippen molar-refractivity contribution in [3.63, 3.8) is 0 Å². The molecule has 1 rings (SSSR count). The fourth-order valence-electron chi connectivity index (χ4n) is 1.12. The van der Waals surface area contributed by atoms with Gasteiger partial charge in [-0.15, -0.1) is 0 Å². The molecule has 0 aliphatic heterocycles. The monoisotopic (exact) mass is 222 g/mol. The Morgan fingerprint density at radius 3 is 2.81 bits per heavy atom. The van der Waals surface area contributed by atoms with E-state index in [2.05, 4.69) is 10.3 Å². The number of pyridine rings is 1. The molecule has 0 aromatic carbocycles. The standard InChI is InChI=1S/C12H18N2O2/c1-12(2,9-15)8-14-11(16)7-10-5-3-4-6-13-10/h3-6,15H,7-9H2,1-2H3,(H,14,16). The Balaban J connectivity index is 2.38. The molecule has 0 spiro atoms. The number of nitrogens with one attached hydrogen (secondary N) is 1. The quantitative estimate of drug-likeness (QED) is 0.773. The van der Waals surface area contributed by atoms with Gasteiger partial charge < -0.3 is 10.4 Å². The van der Waals surface area contributed by atoms with Gasteiger partial charge in [0.25, 0.3) is 0 Å². The van der Waals surface area contributed by atoms with E-state index in [0.717, 1.165) is 5.69 Å². The normalized spacial score (nSPS) is 11.2. The van der Waals surface area contributed by atoms with E-state index in [1.807, 2.05) is 32.0 Å². The number of aromatic nitrogens is 1. The van der Waals surface area contributed by atoms with Gasteiger partial charge in [-0.2, -0.15) is 0 Å². The van der Waals surface area contributed by atoms with Gasteiger partial charge in [0.2, 0.25) is 5.91 Å². The summed E-state index contributed by atoms with van der Waals surface area (Å²) >= 11 is 0. The number of aliphatic hydroxyl groups is 1. The molecule has 4 heteroatoms. The summed E-state index contributed by atoms with van der Waals surface area (Å²) in [6, 6.07) is 5.49. The molecule has 16 heavy (non-hydrogen) atoms. The van der Waals surface area contributed by atoms with Crippen LogP contribution in [0.2, 0.25) is 0 Å². The molecule has 0 saturated heterocycles. The van der Waals surface area contributed by atoms with Gasteiger partial charge >= 0.3 is 0 Å². The van der Waals surface area contributed by atoms with Crippen LogP contribution in [0.25, 0.3) is 0 Å². The molecule has 1 aromatic rings. The van der Waals surface area contributed by atoms with Crippen molar-refractivity contribution in [3.05, 3.63) is 30.1 Å². The molecular weight excluding hydrogens is 204 g/mol. The predicted molar refractivity (Wildman–Crippen MR) is 61.8 cm³/mol. The summed E-state index contributed by atoms with van der Waals surface area (Å²) in [7, 11) is 0. The van der Waals surface area contributed by atoms with Gasteiger partial charge in [0, 0.05) is 30.5 Å². The lowest BCUT2D eigenvalue weighted by molar-refractivity contribution is -0.121. The number of carbonyl (C=O) groups is 1. The van der Waals surface area contributed by atoms with Crippen LogP contribution in [0.5, 0.6) is 0 Å². The zero-order valence-corrected chi connectivity index (χ0v) is 9.73. The highest BCUT2D eigenvalue weighted by Crippen LogP contribution is 2.11. The van der Waals surface area contributed by atoms with Crippen molar-refractivity contribution in [2.45, 2.75) is 20.3 Å². The highest BCUT2D eigenvalue weighted by atomic mass is 16.3. The van der Waals surface area contributed by atoms with E-state index in [1.165, 1.54) is 0 Å². The average molecular weight is 222 g/mol. The molecule has 88 valence electrons. The zero-order valence-electron chi connectivity index (χ0n) is 9.73. The van der Waals surface area contributed by atoms with Crippen molar-refractivity contribution in [2.24, 2.45) is 5.41 Å². The van der Waals surface area contributed by atoms with E-state index >= 15 is 0 Å². The first-order chi connectivity index (χ1) is 7.53. The summed E-state index contributed by atoms with van der Waals surface area (Å²) in [5.74, 6) is -0.0692. The molecule has 1 heterocycles. The third kappa shape index (κ3) is 4.40. The Bertz CT molecular complexity index is 336. The summed E-state index contributed by atoms with van der Waals surface area (Å²) in [4.78, 5) is 15.6. The number of hydrogen-bond acceptors (Lipinski definition) is 3. The molecule has 1 aromatic heterocycles. The first kappa shape index (κ1) is 12.6. The molecular formula is C12H18N2O2. The number of carbonyl (C=O) groups excluding carboxylic acids is 1. The number of nitrogens with zero attached hydrogens (tertiary/aromatic N) is 1. The molecule has 1 amide bonds. The zero-order chi connectivity index (χ0) is 12.0. The molecule has 2 N–H and O–H groups in total. The molecule has 0 fully saturated rings. The Labute approximate surface area is 95.7 Å². The highest BCUT2D eigenvalue weighted by Gasteiger charge is 2.17. The van der Waals surface area contributed by atoms with Gasteiger partial charge in [-0.3, -0.25) is 9.78 Å². The van der Waals surface area contributed by atoms with Crippen molar-refractivity contribution < 1.29 is 9.90 Å². The Hall–Kier alpha value is -1.42. The Kier molecular flexibility index (Phi) is 4.43. The molecule has 0 radical (unpaired) electrons. The minimum atomic E-state index is -0.278. The minimum absolute atomic E-state index is 0.0524. The summed E-state index contributed by atoms with van der Waals surface area (Å²) in [6.45, 7) is 4.31. The van der Waals surface area contributed by atoms with Crippen LogP contribution in [0.4, 0.5) is 0 Å². The Morgan fingerprint density at radius 1 is 1.50 bits per heavy atom. The lowest BCUT2D eigenvalue weighted by Gasteiger charge is -2.21. The second kappa shape index (κ2) is 5.61. The van der Waals surface area contributed by atoms with E-state index in [-0.39, 0.29) is 24.3 Å². The molecule has 0 aliphatic rings. The first-order valence-electron chi connectivity index (χ1n) is 5.31. The van der Waals surface area contributed by atoms with Gasteiger partial charge in [-0.1, -0.05) is 19.9 Å². The van der Waals surface area contributed by atoms with E-state index in [1.54, 1.807) is 6.20 Å². The van der Waals surface area contributed by atoms with Crippen LogP contribution >= 0.6 is 0 Å². The first-order valence-corrected chi connectivity index (χ1v) is 5.31. The smallest absolute Gasteiger partial charge is 0.226 e. The molecule has 0 unspecified atom stereocenters. The summed E-state index contributed by atoms with van der Waals surface area (Å²) < 4.78 is 0. The average Bonchev–Trinajstić information content (AvgIpc) is 2.28. The van der Waals surface area contributed by atoms with Gasteiger partial charge in [0.1, 0.15) is 0 Å². The number of hydrogen-bond donors (Lipinski definition) is 2. The molecule has 0 atom stereocenters. The van der Waals surface area contributed by atoms with Crippen molar-refractivity contribution in [1.29, 1.82) is 0 Å². The second-order valence-corrected chi connectivity index (χ2v) is 4.60. The van der Waals surface area contributed by atoms with Gasteiger partial charge in [0.05, 0.1) is 6.42 Å². The van der Waals surface area contributed by atoms with Crippen molar-refractivity contribution >= 4 is 5.91 Å².